The first-order valence-corrected chi connectivity index (χ1v) is 8.13. The molecule has 1 fully saturated rings. The molecule has 20 heavy (non-hydrogen) atoms. The maximum Gasteiger partial charge on any atom is 0.233 e. The summed E-state index contributed by atoms with van der Waals surface area (Å²) < 4.78 is 0. The highest BCUT2D eigenvalue weighted by Gasteiger charge is 2.37. The third kappa shape index (κ3) is 4.16. The third-order valence-electron chi connectivity index (χ3n) is 4.79. The number of hydrogen-bond acceptors (Lipinski definition) is 3. The zero-order valence-electron chi connectivity index (χ0n) is 13.1. The van der Waals surface area contributed by atoms with Crippen LogP contribution in [-0.2, 0) is 4.79 Å². The fraction of sp³-hybridized carbons (Fsp3) is 0.867. The Bertz CT molecular complexity index is 334. The van der Waals surface area contributed by atoms with Crippen molar-refractivity contribution in [1.82, 2.24) is 10.2 Å². The van der Waals surface area contributed by atoms with Gasteiger partial charge in [-0.15, -0.1) is 0 Å². The van der Waals surface area contributed by atoms with E-state index in [1.54, 1.807) is 0 Å². The molecule has 0 unspecified atom stereocenters. The van der Waals surface area contributed by atoms with Crippen LogP contribution >= 0.6 is 12.2 Å². The molecule has 1 amide bonds. The minimum atomic E-state index is -0.665. The number of piperidine rings is 1. The highest BCUT2D eigenvalue weighted by Crippen LogP contribution is 2.27. The van der Waals surface area contributed by atoms with Crippen LogP contribution in [0.15, 0.2) is 0 Å². The Morgan fingerprint density at radius 1 is 1.35 bits per heavy atom. The summed E-state index contributed by atoms with van der Waals surface area (Å²) in [4.78, 5) is 15.1. The quantitative estimate of drug-likeness (QED) is 0.705. The molecule has 0 aromatic carbocycles. The highest BCUT2D eigenvalue weighted by atomic mass is 32.1. The summed E-state index contributed by atoms with van der Waals surface area (Å²) >= 11 is 5.10. The van der Waals surface area contributed by atoms with E-state index in [4.69, 9.17) is 18.0 Å². The lowest BCUT2D eigenvalue weighted by Crippen LogP contribution is -2.48. The molecule has 0 saturated carbocycles. The lowest BCUT2D eigenvalue weighted by atomic mass is 9.81. The van der Waals surface area contributed by atoms with Crippen molar-refractivity contribution in [2.24, 2.45) is 17.1 Å². The zero-order chi connectivity index (χ0) is 15.2. The molecule has 1 heterocycles. The van der Waals surface area contributed by atoms with Gasteiger partial charge in [-0.2, -0.15) is 0 Å². The minimum absolute atomic E-state index is 0.00271. The van der Waals surface area contributed by atoms with Gasteiger partial charge in [0.1, 0.15) is 0 Å². The molecule has 5 heteroatoms. The average Bonchev–Trinajstić information content (AvgIpc) is 2.42. The lowest BCUT2D eigenvalue weighted by Gasteiger charge is -2.31. The Morgan fingerprint density at radius 3 is 2.35 bits per heavy atom. The molecule has 4 nitrogen and oxygen atoms in total. The number of nitrogens with one attached hydrogen (secondary N) is 1. The molecule has 1 rings (SSSR count). The van der Waals surface area contributed by atoms with Crippen LogP contribution in [-0.4, -0.2) is 42.5 Å². The second kappa shape index (κ2) is 7.93. The number of thiocarbonyl (C=S) groups is 1. The molecule has 0 atom stereocenters. The zero-order valence-corrected chi connectivity index (χ0v) is 13.9. The van der Waals surface area contributed by atoms with Crippen LogP contribution in [0.5, 0.6) is 0 Å². The van der Waals surface area contributed by atoms with E-state index in [-0.39, 0.29) is 5.91 Å². The third-order valence-corrected chi connectivity index (χ3v) is 5.18. The molecule has 0 radical (unpaired) electrons. The van der Waals surface area contributed by atoms with Crippen LogP contribution in [0.25, 0.3) is 0 Å². The second-order valence-electron chi connectivity index (χ2n) is 5.94. The second-order valence-corrected chi connectivity index (χ2v) is 6.38. The number of nitrogens with two attached hydrogens (primary N) is 1. The van der Waals surface area contributed by atoms with E-state index in [2.05, 4.69) is 17.3 Å². The fourth-order valence-corrected chi connectivity index (χ4v) is 3.32. The predicted octanol–water partition coefficient (Wildman–Crippen LogP) is 1.93. The minimum Gasteiger partial charge on any atom is -0.392 e. The van der Waals surface area contributed by atoms with E-state index in [9.17, 15) is 4.79 Å². The van der Waals surface area contributed by atoms with Gasteiger partial charge in [0.2, 0.25) is 5.91 Å². The number of carbonyl (C=O) groups excluding carboxylic acids is 1. The van der Waals surface area contributed by atoms with Crippen molar-refractivity contribution in [3.63, 3.8) is 0 Å². The highest BCUT2D eigenvalue weighted by molar-refractivity contribution is 7.80. The molecular weight excluding hydrogens is 270 g/mol. The molecule has 0 spiro atoms. The summed E-state index contributed by atoms with van der Waals surface area (Å²) in [6.07, 6.45) is 4.85. The van der Waals surface area contributed by atoms with Crippen LogP contribution in [0.3, 0.4) is 0 Å². The Labute approximate surface area is 128 Å². The van der Waals surface area contributed by atoms with Crippen LogP contribution in [0, 0.1) is 11.3 Å². The first kappa shape index (κ1) is 17.4. The molecular formula is C15H29N3OS. The van der Waals surface area contributed by atoms with E-state index >= 15 is 0 Å². The molecule has 1 saturated heterocycles. The van der Waals surface area contributed by atoms with Crippen molar-refractivity contribution in [2.75, 3.05) is 26.7 Å². The number of amides is 1. The van der Waals surface area contributed by atoms with Gasteiger partial charge in [-0.1, -0.05) is 26.1 Å². The number of nitrogens with zero attached hydrogens (tertiary/aromatic N) is 1. The number of rotatable bonds is 7. The Morgan fingerprint density at radius 2 is 1.90 bits per heavy atom. The summed E-state index contributed by atoms with van der Waals surface area (Å²) in [7, 11) is 2.16. The summed E-state index contributed by atoms with van der Waals surface area (Å²) in [5, 5.41) is 3.05. The van der Waals surface area contributed by atoms with Gasteiger partial charge in [-0.3, -0.25) is 4.79 Å². The molecule has 1 aliphatic heterocycles. The van der Waals surface area contributed by atoms with Crippen LogP contribution < -0.4 is 11.1 Å². The monoisotopic (exact) mass is 299 g/mol. The standard InChI is InChI=1S/C15H29N3OS/c1-4-15(5-2,13(16)20)14(19)17-9-6-12-7-10-18(3)11-8-12/h12H,4-11H2,1-3H3,(H2,16,20)(H,17,19). The predicted molar refractivity (Wildman–Crippen MR) is 87.6 cm³/mol. The molecule has 0 aromatic heterocycles. The van der Waals surface area contributed by atoms with Crippen molar-refractivity contribution in [3.05, 3.63) is 0 Å². The SMILES string of the molecule is CCC(CC)(C(=O)NCCC1CCN(C)CC1)C(N)=S. The molecule has 0 aromatic rings. The average molecular weight is 299 g/mol. The van der Waals surface area contributed by atoms with E-state index in [1.165, 1.54) is 25.9 Å². The van der Waals surface area contributed by atoms with Crippen molar-refractivity contribution >= 4 is 23.1 Å². The van der Waals surface area contributed by atoms with E-state index in [0.717, 1.165) is 18.9 Å². The number of carbonyl (C=O) groups is 1. The van der Waals surface area contributed by atoms with Crippen molar-refractivity contribution in [2.45, 2.75) is 46.0 Å². The largest absolute Gasteiger partial charge is 0.392 e. The van der Waals surface area contributed by atoms with Crippen molar-refractivity contribution in [3.8, 4) is 0 Å². The van der Waals surface area contributed by atoms with Gasteiger partial charge in [0, 0.05) is 6.54 Å². The fourth-order valence-electron chi connectivity index (χ4n) is 2.94. The normalized spacial score (nSPS) is 17.9. The molecule has 1 aliphatic rings. The maximum absolute atomic E-state index is 12.4. The van der Waals surface area contributed by atoms with Gasteiger partial charge in [-0.25, -0.2) is 0 Å². The van der Waals surface area contributed by atoms with Crippen molar-refractivity contribution in [1.29, 1.82) is 0 Å². The molecule has 0 aliphatic carbocycles. The summed E-state index contributed by atoms with van der Waals surface area (Å²) in [5.74, 6) is 0.733. The first-order chi connectivity index (χ1) is 9.46. The van der Waals surface area contributed by atoms with Crippen molar-refractivity contribution < 1.29 is 4.79 Å². The van der Waals surface area contributed by atoms with Gasteiger partial charge in [0.15, 0.2) is 0 Å². The summed E-state index contributed by atoms with van der Waals surface area (Å²) in [6, 6.07) is 0. The van der Waals surface area contributed by atoms with Gasteiger partial charge >= 0.3 is 0 Å². The van der Waals surface area contributed by atoms with Crippen LogP contribution in [0.1, 0.15) is 46.0 Å². The van der Waals surface area contributed by atoms with Gasteiger partial charge < -0.3 is 16.0 Å². The summed E-state index contributed by atoms with van der Waals surface area (Å²) in [6.45, 7) is 7.01. The Hall–Kier alpha value is -0.680. The first-order valence-electron chi connectivity index (χ1n) is 7.73. The lowest BCUT2D eigenvalue weighted by molar-refractivity contribution is -0.127. The molecule has 0 bridgehead atoms. The molecule has 116 valence electrons. The van der Waals surface area contributed by atoms with Crippen LogP contribution in [0.2, 0.25) is 0 Å². The Kier molecular flexibility index (Phi) is 6.89. The van der Waals surface area contributed by atoms with E-state index in [1.807, 2.05) is 13.8 Å². The smallest absolute Gasteiger partial charge is 0.233 e. The topological polar surface area (TPSA) is 58.4 Å². The van der Waals surface area contributed by atoms with Gasteiger partial charge in [-0.05, 0) is 58.2 Å². The number of hydrogen-bond donors (Lipinski definition) is 2. The Balaban J connectivity index is 2.40. The van der Waals surface area contributed by atoms with E-state index < -0.39 is 5.41 Å². The van der Waals surface area contributed by atoms with E-state index in [0.29, 0.717) is 17.8 Å². The number of likely N-dealkylation sites (tertiary alicyclic amines) is 1. The maximum atomic E-state index is 12.4. The van der Waals surface area contributed by atoms with Crippen LogP contribution in [0.4, 0.5) is 0 Å². The van der Waals surface area contributed by atoms with Gasteiger partial charge in [0.05, 0.1) is 10.4 Å². The summed E-state index contributed by atoms with van der Waals surface area (Å²) in [5.41, 5.74) is 5.12. The molecule has 3 N–H and O–H groups in total. The van der Waals surface area contributed by atoms with Gasteiger partial charge in [0.25, 0.3) is 0 Å².